The smallest absolute Gasteiger partial charge is 0.229 e. The molecule has 1 aliphatic rings. The van der Waals surface area contributed by atoms with Crippen LogP contribution in [-0.2, 0) is 21.2 Å². The zero-order chi connectivity index (χ0) is 25.5. The van der Waals surface area contributed by atoms with Crippen LogP contribution >= 0.6 is 0 Å². The van der Waals surface area contributed by atoms with Crippen LogP contribution in [0.2, 0.25) is 0 Å². The molecule has 0 aliphatic heterocycles. The molecule has 7 heteroatoms. The van der Waals surface area contributed by atoms with Gasteiger partial charge in [-0.1, -0.05) is 60.7 Å². The molecular formula is C29H35N3O3S. The van der Waals surface area contributed by atoms with Crippen LogP contribution in [0.5, 0.6) is 0 Å². The summed E-state index contributed by atoms with van der Waals surface area (Å²) < 4.78 is 25.9. The highest BCUT2D eigenvalue weighted by Crippen LogP contribution is 2.31. The molecule has 3 aromatic carbocycles. The van der Waals surface area contributed by atoms with Crippen LogP contribution in [-0.4, -0.2) is 27.1 Å². The number of amides is 1. The summed E-state index contributed by atoms with van der Waals surface area (Å²) in [6.45, 7) is 0.693. The van der Waals surface area contributed by atoms with Gasteiger partial charge in [0.05, 0.1) is 12.3 Å². The minimum atomic E-state index is -3.37. The third-order valence-corrected chi connectivity index (χ3v) is 7.54. The first-order valence-corrected chi connectivity index (χ1v) is 14.4. The van der Waals surface area contributed by atoms with Crippen molar-refractivity contribution in [2.24, 2.45) is 17.6 Å². The Labute approximate surface area is 214 Å². The zero-order valence-electron chi connectivity index (χ0n) is 20.7. The van der Waals surface area contributed by atoms with Gasteiger partial charge in [-0.25, -0.2) is 8.42 Å². The largest absolute Gasteiger partial charge is 0.349 e. The Bertz CT molecular complexity index is 1270. The summed E-state index contributed by atoms with van der Waals surface area (Å²) in [6.07, 6.45) is 5.60. The normalized spacial score (nSPS) is 18.8. The van der Waals surface area contributed by atoms with E-state index >= 15 is 0 Å². The summed E-state index contributed by atoms with van der Waals surface area (Å²) in [5.41, 5.74) is 10.4. The van der Waals surface area contributed by atoms with E-state index in [1.807, 2.05) is 54.6 Å². The number of rotatable bonds is 9. The Morgan fingerprint density at radius 3 is 2.25 bits per heavy atom. The van der Waals surface area contributed by atoms with Gasteiger partial charge in [-0.2, -0.15) is 0 Å². The molecule has 0 bridgehead atoms. The Balaban J connectivity index is 1.58. The van der Waals surface area contributed by atoms with E-state index in [4.69, 9.17) is 5.73 Å². The molecule has 1 amide bonds. The molecule has 190 valence electrons. The van der Waals surface area contributed by atoms with Gasteiger partial charge in [-0.05, 0) is 85.0 Å². The standard InChI is InChI=1S/C29H35N3O3S/c1-36(34,35)32-27-12-6-10-25(19-27)24-9-5-11-26(18-24)28(17-21-7-3-2-4-8-21)31-29(33)23-15-13-22(20-30)14-16-23/h2-12,18-19,22-23,28,32H,13-17,20,30H2,1H3,(H,31,33). The first-order chi connectivity index (χ1) is 17.3. The lowest BCUT2D eigenvalue weighted by molar-refractivity contribution is -0.127. The number of sulfonamides is 1. The predicted octanol–water partition coefficient (Wildman–Crippen LogP) is 4.89. The SMILES string of the molecule is CS(=O)(=O)Nc1cccc(-c2cccc(C(Cc3ccccc3)NC(=O)C3CCC(CN)CC3)c2)c1. The fourth-order valence-electron chi connectivity index (χ4n) is 4.96. The molecule has 0 spiro atoms. The highest BCUT2D eigenvalue weighted by molar-refractivity contribution is 7.92. The number of hydrogen-bond acceptors (Lipinski definition) is 4. The molecule has 1 fully saturated rings. The average molecular weight is 506 g/mol. The summed E-state index contributed by atoms with van der Waals surface area (Å²) in [5.74, 6) is 0.656. The van der Waals surface area contributed by atoms with Gasteiger partial charge >= 0.3 is 0 Å². The highest BCUT2D eigenvalue weighted by Gasteiger charge is 2.27. The van der Waals surface area contributed by atoms with Crippen molar-refractivity contribution in [1.29, 1.82) is 0 Å². The van der Waals surface area contributed by atoms with Crippen molar-refractivity contribution in [2.75, 3.05) is 17.5 Å². The first-order valence-electron chi connectivity index (χ1n) is 12.5. The van der Waals surface area contributed by atoms with Gasteiger partial charge < -0.3 is 11.1 Å². The Morgan fingerprint density at radius 2 is 1.58 bits per heavy atom. The van der Waals surface area contributed by atoms with Crippen LogP contribution in [0.3, 0.4) is 0 Å². The minimum absolute atomic E-state index is 0.0213. The van der Waals surface area contributed by atoms with E-state index < -0.39 is 10.0 Å². The third-order valence-electron chi connectivity index (χ3n) is 6.94. The third kappa shape index (κ3) is 7.18. The van der Waals surface area contributed by atoms with Gasteiger partial charge in [-0.15, -0.1) is 0 Å². The molecular weight excluding hydrogens is 470 g/mol. The van der Waals surface area contributed by atoms with E-state index in [0.29, 0.717) is 24.6 Å². The number of carbonyl (C=O) groups excluding carboxylic acids is 1. The fourth-order valence-corrected chi connectivity index (χ4v) is 5.52. The van der Waals surface area contributed by atoms with Crippen LogP contribution in [0.4, 0.5) is 5.69 Å². The topological polar surface area (TPSA) is 101 Å². The van der Waals surface area contributed by atoms with Crippen molar-refractivity contribution < 1.29 is 13.2 Å². The second-order valence-electron chi connectivity index (χ2n) is 9.78. The number of nitrogens with two attached hydrogens (primary N) is 1. The maximum absolute atomic E-state index is 13.3. The Morgan fingerprint density at radius 1 is 0.917 bits per heavy atom. The molecule has 3 aromatic rings. The van der Waals surface area contributed by atoms with Crippen LogP contribution in [0.1, 0.15) is 42.9 Å². The van der Waals surface area contributed by atoms with Gasteiger partial charge in [-0.3, -0.25) is 9.52 Å². The fraction of sp³-hybridized carbons (Fsp3) is 0.345. The highest BCUT2D eigenvalue weighted by atomic mass is 32.2. The molecule has 0 radical (unpaired) electrons. The van der Waals surface area contributed by atoms with Crippen LogP contribution in [0.25, 0.3) is 11.1 Å². The summed E-state index contributed by atoms with van der Waals surface area (Å²) in [4.78, 5) is 13.3. The molecule has 1 saturated carbocycles. The molecule has 0 heterocycles. The van der Waals surface area contributed by atoms with Crippen molar-refractivity contribution in [2.45, 2.75) is 38.1 Å². The van der Waals surface area contributed by atoms with E-state index in [0.717, 1.165) is 54.2 Å². The summed E-state index contributed by atoms with van der Waals surface area (Å²) in [5, 5.41) is 3.34. The van der Waals surface area contributed by atoms with Crippen molar-refractivity contribution in [1.82, 2.24) is 5.32 Å². The minimum Gasteiger partial charge on any atom is -0.349 e. The molecule has 1 atom stereocenters. The number of anilines is 1. The average Bonchev–Trinajstić information content (AvgIpc) is 2.88. The lowest BCUT2D eigenvalue weighted by atomic mass is 9.81. The summed E-state index contributed by atoms with van der Waals surface area (Å²) >= 11 is 0. The van der Waals surface area contributed by atoms with E-state index in [-0.39, 0.29) is 17.9 Å². The van der Waals surface area contributed by atoms with Crippen molar-refractivity contribution in [3.63, 3.8) is 0 Å². The second-order valence-corrected chi connectivity index (χ2v) is 11.5. The molecule has 36 heavy (non-hydrogen) atoms. The molecule has 0 aromatic heterocycles. The first kappa shape index (κ1) is 25.9. The van der Waals surface area contributed by atoms with Crippen LogP contribution in [0, 0.1) is 11.8 Å². The molecule has 1 unspecified atom stereocenters. The van der Waals surface area contributed by atoms with Gasteiger partial charge in [0, 0.05) is 11.6 Å². The summed E-state index contributed by atoms with van der Waals surface area (Å²) in [6, 6.07) is 25.4. The van der Waals surface area contributed by atoms with E-state index in [2.05, 4.69) is 28.2 Å². The molecule has 6 nitrogen and oxygen atoms in total. The maximum Gasteiger partial charge on any atom is 0.229 e. The zero-order valence-corrected chi connectivity index (χ0v) is 21.5. The summed E-state index contributed by atoms with van der Waals surface area (Å²) in [7, 11) is -3.37. The number of hydrogen-bond donors (Lipinski definition) is 3. The Kier molecular flexibility index (Phi) is 8.44. The quantitative estimate of drug-likeness (QED) is 0.385. The molecule has 1 aliphatic carbocycles. The number of carbonyl (C=O) groups is 1. The number of nitrogens with one attached hydrogen (secondary N) is 2. The lowest BCUT2D eigenvalue weighted by Crippen LogP contribution is -2.37. The van der Waals surface area contributed by atoms with Crippen molar-refractivity contribution >= 4 is 21.6 Å². The number of benzene rings is 3. The van der Waals surface area contributed by atoms with E-state index in [1.165, 1.54) is 0 Å². The second kappa shape index (κ2) is 11.7. The van der Waals surface area contributed by atoms with Gasteiger partial charge in [0.1, 0.15) is 0 Å². The van der Waals surface area contributed by atoms with Crippen molar-refractivity contribution in [3.05, 3.63) is 90.0 Å². The van der Waals surface area contributed by atoms with Crippen molar-refractivity contribution in [3.8, 4) is 11.1 Å². The predicted molar refractivity (Wildman–Crippen MR) is 146 cm³/mol. The lowest BCUT2D eigenvalue weighted by Gasteiger charge is -2.29. The Hall–Kier alpha value is -3.16. The van der Waals surface area contributed by atoms with Crippen LogP contribution in [0.15, 0.2) is 78.9 Å². The van der Waals surface area contributed by atoms with Gasteiger partial charge in [0.25, 0.3) is 0 Å². The maximum atomic E-state index is 13.3. The molecule has 0 saturated heterocycles. The molecule has 4 N–H and O–H groups in total. The van der Waals surface area contributed by atoms with Gasteiger partial charge in [0.15, 0.2) is 0 Å². The molecule has 4 rings (SSSR count). The van der Waals surface area contributed by atoms with E-state index in [9.17, 15) is 13.2 Å². The monoisotopic (exact) mass is 505 g/mol. The van der Waals surface area contributed by atoms with Gasteiger partial charge in [0.2, 0.25) is 15.9 Å². The van der Waals surface area contributed by atoms with E-state index in [1.54, 1.807) is 6.07 Å². The van der Waals surface area contributed by atoms with Crippen LogP contribution < -0.4 is 15.8 Å².